The minimum Gasteiger partial charge on any atom is -0.481 e. The van der Waals surface area contributed by atoms with Gasteiger partial charge in [-0.2, -0.15) is 0 Å². The molecule has 0 amide bonds. The van der Waals surface area contributed by atoms with E-state index in [0.29, 0.717) is 6.61 Å². The zero-order valence-electron chi connectivity index (χ0n) is 6.09. The second kappa shape index (κ2) is 2.58. The normalized spacial score (nSPS) is 20.5. The smallest absolute Gasteiger partial charge is 0.305 e. The first-order valence-electron chi connectivity index (χ1n) is 3.48. The average molecular weight is 144 g/mol. The minimum atomic E-state index is -0.788. The molecule has 0 heterocycles. The van der Waals surface area contributed by atoms with Crippen LogP contribution < -0.4 is 0 Å². The van der Waals surface area contributed by atoms with E-state index in [1.165, 1.54) is 0 Å². The molecule has 3 nitrogen and oxygen atoms in total. The molecule has 0 aromatic rings. The van der Waals surface area contributed by atoms with Crippen molar-refractivity contribution in [1.82, 2.24) is 0 Å². The van der Waals surface area contributed by atoms with Crippen LogP contribution in [0.3, 0.4) is 0 Å². The van der Waals surface area contributed by atoms with Gasteiger partial charge in [0.05, 0.1) is 18.6 Å². The molecule has 58 valence electrons. The summed E-state index contributed by atoms with van der Waals surface area (Å²) >= 11 is 0. The molecule has 0 spiro atoms. The lowest BCUT2D eigenvalue weighted by molar-refractivity contribution is -0.138. The number of carboxylic acid groups (broad SMARTS) is 1. The number of carboxylic acids is 1. The van der Waals surface area contributed by atoms with E-state index in [0.717, 1.165) is 12.8 Å². The van der Waals surface area contributed by atoms with Gasteiger partial charge in [0.25, 0.3) is 0 Å². The van der Waals surface area contributed by atoms with Crippen molar-refractivity contribution in [3.05, 3.63) is 0 Å². The molecule has 1 aliphatic carbocycles. The summed E-state index contributed by atoms with van der Waals surface area (Å²) in [5.74, 6) is -0.788. The maximum absolute atomic E-state index is 10.0. The Morgan fingerprint density at radius 1 is 1.70 bits per heavy atom. The van der Waals surface area contributed by atoms with Crippen molar-refractivity contribution in [2.75, 3.05) is 6.61 Å². The molecule has 0 aromatic heterocycles. The van der Waals surface area contributed by atoms with Gasteiger partial charge in [0.15, 0.2) is 0 Å². The fourth-order valence-corrected chi connectivity index (χ4v) is 0.705. The van der Waals surface area contributed by atoms with Gasteiger partial charge in [0.2, 0.25) is 0 Å². The van der Waals surface area contributed by atoms with Crippen LogP contribution in [0.15, 0.2) is 0 Å². The Bertz CT molecular complexity index is 138. The Hall–Kier alpha value is -0.570. The Morgan fingerprint density at radius 3 is 2.70 bits per heavy atom. The van der Waals surface area contributed by atoms with Crippen LogP contribution in [0.25, 0.3) is 0 Å². The first-order chi connectivity index (χ1) is 4.62. The number of hydrogen-bond donors (Lipinski definition) is 1. The SMILES string of the molecule is CC1(OCCC(=O)O)CC1. The summed E-state index contributed by atoms with van der Waals surface area (Å²) in [6, 6.07) is 0. The molecule has 0 unspecified atom stereocenters. The summed E-state index contributed by atoms with van der Waals surface area (Å²) < 4.78 is 5.27. The average Bonchev–Trinajstić information content (AvgIpc) is 2.47. The molecule has 0 saturated heterocycles. The topological polar surface area (TPSA) is 46.5 Å². The summed E-state index contributed by atoms with van der Waals surface area (Å²) in [7, 11) is 0. The standard InChI is InChI=1S/C7H12O3/c1-7(3-4-7)10-5-2-6(8)9/h2-5H2,1H3,(H,8,9). The second-order valence-corrected chi connectivity index (χ2v) is 2.94. The summed E-state index contributed by atoms with van der Waals surface area (Å²) in [6.07, 6.45) is 2.27. The highest BCUT2D eigenvalue weighted by Gasteiger charge is 2.38. The number of carbonyl (C=O) groups is 1. The molecule has 0 bridgehead atoms. The van der Waals surface area contributed by atoms with E-state index in [2.05, 4.69) is 0 Å². The van der Waals surface area contributed by atoms with Gasteiger partial charge in [-0.25, -0.2) is 0 Å². The highest BCUT2D eigenvalue weighted by Crippen LogP contribution is 2.38. The van der Waals surface area contributed by atoms with Gasteiger partial charge in [-0.3, -0.25) is 4.79 Å². The molecule has 10 heavy (non-hydrogen) atoms. The first kappa shape index (κ1) is 7.54. The van der Waals surface area contributed by atoms with E-state index in [1.54, 1.807) is 0 Å². The van der Waals surface area contributed by atoms with Crippen molar-refractivity contribution in [3.63, 3.8) is 0 Å². The van der Waals surface area contributed by atoms with Crippen LogP contribution in [0, 0.1) is 0 Å². The lowest BCUT2D eigenvalue weighted by Gasteiger charge is -2.07. The lowest BCUT2D eigenvalue weighted by atomic mass is 10.4. The summed E-state index contributed by atoms with van der Waals surface area (Å²) in [4.78, 5) is 10.0. The third-order valence-electron chi connectivity index (χ3n) is 1.72. The molecule has 1 fully saturated rings. The van der Waals surface area contributed by atoms with E-state index >= 15 is 0 Å². The van der Waals surface area contributed by atoms with E-state index < -0.39 is 5.97 Å². The fraction of sp³-hybridized carbons (Fsp3) is 0.857. The van der Waals surface area contributed by atoms with E-state index in [9.17, 15) is 4.79 Å². The van der Waals surface area contributed by atoms with Crippen LogP contribution in [-0.2, 0) is 9.53 Å². The van der Waals surface area contributed by atoms with Crippen LogP contribution in [0.4, 0.5) is 0 Å². The summed E-state index contributed by atoms with van der Waals surface area (Å²) in [6.45, 7) is 2.36. The van der Waals surface area contributed by atoms with Crippen molar-refractivity contribution < 1.29 is 14.6 Å². The molecule has 1 N–H and O–H groups in total. The maximum Gasteiger partial charge on any atom is 0.305 e. The second-order valence-electron chi connectivity index (χ2n) is 2.94. The molecule has 0 radical (unpaired) electrons. The number of aliphatic carboxylic acids is 1. The Labute approximate surface area is 60.0 Å². The van der Waals surface area contributed by atoms with Crippen molar-refractivity contribution >= 4 is 5.97 Å². The third-order valence-corrected chi connectivity index (χ3v) is 1.72. The third kappa shape index (κ3) is 2.35. The van der Waals surface area contributed by atoms with E-state index in [4.69, 9.17) is 9.84 Å². The highest BCUT2D eigenvalue weighted by molar-refractivity contribution is 5.66. The number of ether oxygens (including phenoxy) is 1. The monoisotopic (exact) mass is 144 g/mol. The van der Waals surface area contributed by atoms with Crippen LogP contribution in [0.1, 0.15) is 26.2 Å². The molecule has 0 atom stereocenters. The van der Waals surface area contributed by atoms with Gasteiger partial charge in [-0.15, -0.1) is 0 Å². The predicted octanol–water partition coefficient (Wildman–Crippen LogP) is 1.03. The largest absolute Gasteiger partial charge is 0.481 e. The van der Waals surface area contributed by atoms with Gasteiger partial charge in [0.1, 0.15) is 0 Å². The van der Waals surface area contributed by atoms with Crippen LogP contribution in [0.2, 0.25) is 0 Å². The van der Waals surface area contributed by atoms with Crippen LogP contribution in [0.5, 0.6) is 0 Å². The van der Waals surface area contributed by atoms with Crippen LogP contribution in [-0.4, -0.2) is 23.3 Å². The van der Waals surface area contributed by atoms with Crippen molar-refractivity contribution in [3.8, 4) is 0 Å². The zero-order chi connectivity index (χ0) is 7.61. The van der Waals surface area contributed by atoms with Gasteiger partial charge >= 0.3 is 5.97 Å². The van der Waals surface area contributed by atoms with Gasteiger partial charge in [0, 0.05) is 0 Å². The molecule has 1 aliphatic rings. The molecule has 3 heteroatoms. The highest BCUT2D eigenvalue weighted by atomic mass is 16.5. The predicted molar refractivity (Wildman–Crippen MR) is 35.8 cm³/mol. The Balaban J connectivity index is 2.00. The van der Waals surface area contributed by atoms with Gasteiger partial charge in [-0.1, -0.05) is 0 Å². The number of hydrogen-bond acceptors (Lipinski definition) is 2. The molecular formula is C7H12O3. The van der Waals surface area contributed by atoms with E-state index in [1.807, 2.05) is 6.92 Å². The molecule has 0 aromatic carbocycles. The lowest BCUT2D eigenvalue weighted by Crippen LogP contribution is -2.11. The molecule has 0 aliphatic heterocycles. The maximum atomic E-state index is 10.0. The molecule has 1 saturated carbocycles. The van der Waals surface area contributed by atoms with Gasteiger partial charge in [-0.05, 0) is 19.8 Å². The van der Waals surface area contributed by atoms with Gasteiger partial charge < -0.3 is 9.84 Å². The Morgan fingerprint density at radius 2 is 2.30 bits per heavy atom. The Kier molecular flexibility index (Phi) is 1.94. The van der Waals surface area contributed by atoms with Crippen LogP contribution >= 0.6 is 0 Å². The summed E-state index contributed by atoms with van der Waals surface area (Å²) in [5, 5.41) is 8.25. The molecule has 1 rings (SSSR count). The molecular weight excluding hydrogens is 132 g/mol. The zero-order valence-corrected chi connectivity index (χ0v) is 6.09. The first-order valence-corrected chi connectivity index (χ1v) is 3.48. The van der Waals surface area contributed by atoms with Crippen molar-refractivity contribution in [2.45, 2.75) is 31.8 Å². The van der Waals surface area contributed by atoms with E-state index in [-0.39, 0.29) is 12.0 Å². The quantitative estimate of drug-likeness (QED) is 0.641. The fourth-order valence-electron chi connectivity index (χ4n) is 0.705. The summed E-state index contributed by atoms with van der Waals surface area (Å²) in [5.41, 5.74) is 0.0233. The number of rotatable bonds is 4. The minimum absolute atomic E-state index is 0.0233. The van der Waals surface area contributed by atoms with Crippen molar-refractivity contribution in [2.24, 2.45) is 0 Å². The van der Waals surface area contributed by atoms with Crippen molar-refractivity contribution in [1.29, 1.82) is 0 Å².